The number of ketones is 1. The third-order valence-corrected chi connectivity index (χ3v) is 2.73. The van der Waals surface area contributed by atoms with Crippen molar-refractivity contribution in [1.29, 1.82) is 0 Å². The number of hydrogen-bond donors (Lipinski definition) is 0. The van der Waals surface area contributed by atoms with Crippen LogP contribution >= 0.6 is 0 Å². The Morgan fingerprint density at radius 3 is 1.93 bits per heavy atom. The van der Waals surface area contributed by atoms with Crippen LogP contribution in [0.2, 0.25) is 0 Å². The predicted octanol–water partition coefficient (Wildman–Crippen LogP) is 1.10. The minimum atomic E-state index is -3.18. The molecule has 0 aliphatic rings. The van der Waals surface area contributed by atoms with Gasteiger partial charge in [0.25, 0.3) is 0 Å². The molecule has 0 bridgehead atoms. The summed E-state index contributed by atoms with van der Waals surface area (Å²) in [5, 5.41) is 0. The molecule has 1 radical (unpaired) electrons. The fraction of sp³-hybridized carbons (Fsp3) is 0.111. The zero-order valence-electron chi connectivity index (χ0n) is 7.73. The summed E-state index contributed by atoms with van der Waals surface area (Å²) >= 11 is 0. The Bertz CT molecular complexity index is 420. The van der Waals surface area contributed by atoms with Crippen LogP contribution in [-0.4, -0.2) is 20.5 Å². The number of rotatable bonds is 2. The molecule has 0 N–H and O–H groups in total. The average Bonchev–Trinajstić information content (AvgIpc) is 2.03. The van der Waals surface area contributed by atoms with Crippen molar-refractivity contribution in [2.24, 2.45) is 0 Å². The van der Waals surface area contributed by atoms with E-state index in [9.17, 15) is 13.2 Å². The van der Waals surface area contributed by atoms with Gasteiger partial charge in [0, 0.05) is 44.7 Å². The summed E-state index contributed by atoms with van der Waals surface area (Å²) in [5.41, 5.74) is 0.410. The third kappa shape index (κ3) is 3.52. The number of benzene rings is 1. The molecule has 0 heterocycles. The number of hydrogen-bond acceptors (Lipinski definition) is 3. The number of sulfone groups is 1. The molecule has 0 saturated heterocycles. The van der Waals surface area contributed by atoms with Crippen molar-refractivity contribution < 1.29 is 45.9 Å². The Morgan fingerprint density at radius 2 is 1.64 bits per heavy atom. The molecule has 0 spiro atoms. The van der Waals surface area contributed by atoms with Crippen LogP contribution in [-0.2, 0) is 42.5 Å². The van der Waals surface area contributed by atoms with Crippen molar-refractivity contribution in [1.82, 2.24) is 0 Å². The monoisotopic (exact) mass is 286 g/mol. The van der Waals surface area contributed by atoms with E-state index in [0.29, 0.717) is 5.56 Å². The van der Waals surface area contributed by atoms with Crippen LogP contribution in [0.3, 0.4) is 0 Å². The summed E-state index contributed by atoms with van der Waals surface area (Å²) in [6.45, 7) is 3.21. The summed E-state index contributed by atoms with van der Waals surface area (Å²) in [7, 11) is -3.18. The van der Waals surface area contributed by atoms with Crippen LogP contribution in [0, 0.1) is 6.92 Å². The maximum Gasteiger partial charge on any atom is 0.175 e. The van der Waals surface area contributed by atoms with Gasteiger partial charge in [0.1, 0.15) is 0 Å². The summed E-state index contributed by atoms with van der Waals surface area (Å²) in [6.07, 6.45) is 1.12. The Labute approximate surface area is 109 Å². The van der Waals surface area contributed by atoms with Crippen LogP contribution in [0.5, 0.6) is 0 Å². The third-order valence-electron chi connectivity index (χ3n) is 1.60. The molecule has 0 saturated carbocycles. The molecule has 3 nitrogen and oxygen atoms in total. The van der Waals surface area contributed by atoms with Crippen molar-refractivity contribution in [2.45, 2.75) is 4.90 Å². The topological polar surface area (TPSA) is 51.2 Å². The zero-order chi connectivity index (χ0) is 10.1. The second kappa shape index (κ2) is 5.05. The van der Waals surface area contributed by atoms with Crippen LogP contribution in [0.4, 0.5) is 0 Å². The maximum atomic E-state index is 11.0. The van der Waals surface area contributed by atoms with E-state index in [1.165, 1.54) is 24.3 Å². The van der Waals surface area contributed by atoms with E-state index in [2.05, 4.69) is 6.92 Å². The summed E-state index contributed by atoms with van der Waals surface area (Å²) < 4.78 is 22.0. The number of carbonyl (C=O) groups is 1. The summed E-state index contributed by atoms with van der Waals surface area (Å²) in [6, 6.07) is 5.69. The smallest absolute Gasteiger partial charge is 0.175 e. The molecule has 14 heavy (non-hydrogen) atoms. The first-order chi connectivity index (χ1) is 5.91. The van der Waals surface area contributed by atoms with Crippen molar-refractivity contribution in [3.05, 3.63) is 36.8 Å². The Hall–Kier alpha value is -0.186. The van der Waals surface area contributed by atoms with Crippen LogP contribution in [0.15, 0.2) is 29.2 Å². The molecule has 0 aliphatic heterocycles. The van der Waals surface area contributed by atoms with Crippen molar-refractivity contribution in [2.75, 3.05) is 6.26 Å². The standard InChI is InChI=1S/C9H9O3S.Y/c1-7(10)8-3-5-9(6-4-8)13(2,11)12;/h3-6H,1H2,2H3;/q-1;. The van der Waals surface area contributed by atoms with E-state index in [4.69, 9.17) is 0 Å². The first-order valence-corrected chi connectivity index (χ1v) is 5.47. The molecule has 1 aromatic rings. The normalized spacial score (nSPS) is 10.4. The molecule has 1 rings (SSSR count). The zero-order valence-corrected chi connectivity index (χ0v) is 11.4. The van der Waals surface area contributed by atoms with Gasteiger partial charge < -0.3 is 4.79 Å². The van der Waals surface area contributed by atoms with Crippen molar-refractivity contribution in [3.63, 3.8) is 0 Å². The second-order valence-electron chi connectivity index (χ2n) is 2.72. The minimum Gasteiger partial charge on any atom is -0.332 e. The molecule has 0 atom stereocenters. The van der Waals surface area contributed by atoms with E-state index in [1.807, 2.05) is 0 Å². The van der Waals surface area contributed by atoms with Gasteiger partial charge in [-0.25, -0.2) is 8.42 Å². The van der Waals surface area contributed by atoms with Gasteiger partial charge in [0.2, 0.25) is 0 Å². The molecular weight excluding hydrogens is 277 g/mol. The molecule has 0 aromatic heterocycles. The quantitative estimate of drug-likeness (QED) is 0.604. The fourth-order valence-electron chi connectivity index (χ4n) is 0.888. The molecule has 5 heteroatoms. The van der Waals surface area contributed by atoms with Crippen molar-refractivity contribution >= 4 is 15.6 Å². The van der Waals surface area contributed by atoms with E-state index in [1.54, 1.807) is 0 Å². The van der Waals surface area contributed by atoms with Gasteiger partial charge in [-0.15, -0.1) is 17.7 Å². The van der Waals surface area contributed by atoms with Gasteiger partial charge in [-0.05, 0) is 0 Å². The summed E-state index contributed by atoms with van der Waals surface area (Å²) in [4.78, 5) is 11.0. The first-order valence-electron chi connectivity index (χ1n) is 3.57. The van der Waals surface area contributed by atoms with E-state index < -0.39 is 9.84 Å². The van der Waals surface area contributed by atoms with Crippen LogP contribution in [0.25, 0.3) is 0 Å². The van der Waals surface area contributed by atoms with Gasteiger partial charge in [0.15, 0.2) is 9.84 Å². The number of Topliss-reactive ketones (excluding diaryl/α,β-unsaturated/α-hetero) is 1. The molecule has 0 aliphatic carbocycles. The molecule has 1 aromatic carbocycles. The second-order valence-corrected chi connectivity index (χ2v) is 4.74. The van der Waals surface area contributed by atoms with E-state index >= 15 is 0 Å². The average molecular weight is 286 g/mol. The minimum absolute atomic E-state index is 0. The Morgan fingerprint density at radius 1 is 1.21 bits per heavy atom. The molecule has 0 fully saturated rings. The van der Waals surface area contributed by atoms with Gasteiger partial charge >= 0.3 is 0 Å². The first kappa shape index (κ1) is 13.8. The van der Waals surface area contributed by atoms with Crippen molar-refractivity contribution in [3.8, 4) is 0 Å². The number of carbonyl (C=O) groups excluding carboxylic acids is 1. The van der Waals surface area contributed by atoms with E-state index in [0.717, 1.165) is 6.26 Å². The predicted molar refractivity (Wildman–Crippen MR) is 49.2 cm³/mol. The largest absolute Gasteiger partial charge is 0.332 e. The Kier molecular flexibility index (Phi) is 4.99. The van der Waals surface area contributed by atoms with Gasteiger partial charge in [-0.2, -0.15) is 6.92 Å². The maximum absolute atomic E-state index is 11.0. The van der Waals surface area contributed by atoms with Gasteiger partial charge in [0.05, 0.1) is 4.90 Å². The summed E-state index contributed by atoms with van der Waals surface area (Å²) in [5.74, 6) is -0.319. The van der Waals surface area contributed by atoms with Crippen LogP contribution < -0.4 is 0 Å². The molecule has 0 unspecified atom stereocenters. The molecule has 0 amide bonds. The molecule has 73 valence electrons. The van der Waals surface area contributed by atoms with Crippen LogP contribution in [0.1, 0.15) is 10.4 Å². The van der Waals surface area contributed by atoms with Gasteiger partial charge in [-0.3, -0.25) is 0 Å². The van der Waals surface area contributed by atoms with E-state index in [-0.39, 0.29) is 43.4 Å². The van der Waals surface area contributed by atoms with Gasteiger partial charge in [-0.1, -0.05) is 12.1 Å². The fourth-order valence-corrected chi connectivity index (χ4v) is 1.52. The Balaban J connectivity index is 0.00000169. The molecular formula is C9H9O3SY-. The SMILES string of the molecule is [CH2-]C(=O)c1ccc(S(C)(=O)=O)cc1.[Y].